The van der Waals surface area contributed by atoms with Gasteiger partial charge in [-0.25, -0.2) is 0 Å². The van der Waals surface area contributed by atoms with Gasteiger partial charge in [-0.3, -0.25) is 43.9 Å². The van der Waals surface area contributed by atoms with Gasteiger partial charge in [0.2, 0.25) is 0 Å². The second-order valence-corrected chi connectivity index (χ2v) is 8.08. The third-order valence-electron chi connectivity index (χ3n) is 5.72. The van der Waals surface area contributed by atoms with Crippen molar-refractivity contribution in [1.29, 1.82) is 0 Å². The SMILES string of the molecule is O=C1C(=O)C(=O)C(=O)C1=O.[Cu].c1cnc2c(c1)ccc1cccnc12.c1cnc2c(c1)ccc1cccnc12. The number of hydrogen-bond donors (Lipinski definition) is 0. The topological polar surface area (TPSA) is 137 Å². The minimum Gasteiger partial charge on any atom is -0.281 e. The summed E-state index contributed by atoms with van der Waals surface area (Å²) in [5, 5.41) is 4.55. The molecule has 0 N–H and O–H groups in total. The van der Waals surface area contributed by atoms with Crippen LogP contribution in [-0.4, -0.2) is 48.9 Å². The molecule has 1 aliphatic carbocycles. The van der Waals surface area contributed by atoms with Gasteiger partial charge < -0.3 is 0 Å². The van der Waals surface area contributed by atoms with Crippen molar-refractivity contribution < 1.29 is 41.0 Å². The Morgan fingerprint density at radius 3 is 0.744 bits per heavy atom. The maximum Gasteiger partial charge on any atom is 0.281 e. The summed E-state index contributed by atoms with van der Waals surface area (Å²) in [5.74, 6) is -7.59. The fourth-order valence-corrected chi connectivity index (χ4v) is 3.88. The van der Waals surface area contributed by atoms with E-state index in [1.54, 1.807) is 24.8 Å². The number of aromatic nitrogens is 4. The molecule has 6 aromatic rings. The molecule has 7 rings (SSSR count). The molecule has 193 valence electrons. The summed E-state index contributed by atoms with van der Waals surface area (Å²) in [6.45, 7) is 0. The molecule has 0 saturated heterocycles. The van der Waals surface area contributed by atoms with Gasteiger partial charge in [-0.1, -0.05) is 48.5 Å². The van der Waals surface area contributed by atoms with Gasteiger partial charge in [0.05, 0.1) is 22.1 Å². The number of pyridine rings is 4. The average Bonchev–Trinajstić information content (AvgIpc) is 3.15. The summed E-state index contributed by atoms with van der Waals surface area (Å²) in [7, 11) is 0. The van der Waals surface area contributed by atoms with Crippen LogP contribution in [0.3, 0.4) is 0 Å². The number of nitrogens with zero attached hydrogens (tertiary/aromatic N) is 4. The molecule has 1 fully saturated rings. The number of benzene rings is 2. The monoisotopic (exact) mass is 563 g/mol. The molecule has 0 atom stereocenters. The number of hydrogen-bond acceptors (Lipinski definition) is 9. The predicted molar refractivity (Wildman–Crippen MR) is 139 cm³/mol. The van der Waals surface area contributed by atoms with Crippen molar-refractivity contribution in [3.63, 3.8) is 0 Å². The third kappa shape index (κ3) is 5.33. The van der Waals surface area contributed by atoms with Gasteiger partial charge in [0.25, 0.3) is 28.9 Å². The standard InChI is InChI=1S/2C12H8N2.C5O5.Cu/c2*1-3-9-5-6-10-4-2-8-14-12(10)11(9)13-7-1;6-1-2(7)4(9)5(10)3(1)8;/h2*1-8H;;. The third-order valence-corrected chi connectivity index (χ3v) is 5.72. The van der Waals surface area contributed by atoms with Crippen LogP contribution in [0.2, 0.25) is 0 Å². The smallest absolute Gasteiger partial charge is 0.281 e. The molecule has 1 radical (unpaired) electrons. The van der Waals surface area contributed by atoms with E-state index >= 15 is 0 Å². The van der Waals surface area contributed by atoms with Crippen LogP contribution in [0.5, 0.6) is 0 Å². The summed E-state index contributed by atoms with van der Waals surface area (Å²) in [5.41, 5.74) is 3.91. The van der Waals surface area contributed by atoms with Crippen LogP contribution in [0.4, 0.5) is 0 Å². The Bertz CT molecular complexity index is 1630. The molecule has 0 aliphatic heterocycles. The second kappa shape index (κ2) is 11.6. The van der Waals surface area contributed by atoms with Gasteiger partial charge >= 0.3 is 0 Å². The fourth-order valence-electron chi connectivity index (χ4n) is 3.88. The van der Waals surface area contributed by atoms with E-state index in [4.69, 9.17) is 0 Å². The normalized spacial score (nSPS) is 12.7. The maximum atomic E-state index is 10.2. The van der Waals surface area contributed by atoms with Gasteiger partial charge in [-0.05, 0) is 24.3 Å². The van der Waals surface area contributed by atoms with Gasteiger partial charge in [0, 0.05) is 63.4 Å². The van der Waals surface area contributed by atoms with E-state index in [9.17, 15) is 24.0 Å². The number of rotatable bonds is 0. The maximum absolute atomic E-state index is 10.2. The van der Waals surface area contributed by atoms with Crippen LogP contribution in [-0.2, 0) is 41.0 Å². The van der Waals surface area contributed by atoms with E-state index in [0.29, 0.717) is 0 Å². The van der Waals surface area contributed by atoms with E-state index in [2.05, 4.69) is 68.5 Å². The van der Waals surface area contributed by atoms with Crippen LogP contribution in [0, 0.1) is 0 Å². The first-order chi connectivity index (χ1) is 18.5. The summed E-state index contributed by atoms with van der Waals surface area (Å²) in [6, 6.07) is 24.3. The molecule has 2 aromatic carbocycles. The zero-order valence-electron chi connectivity index (χ0n) is 19.9. The van der Waals surface area contributed by atoms with Crippen LogP contribution < -0.4 is 0 Å². The number of Topliss-reactive ketones (excluding diaryl/α,β-unsaturated/α-hetero) is 5. The first kappa shape index (κ1) is 27.0. The minimum atomic E-state index is -1.52. The molecule has 0 unspecified atom stereocenters. The molecule has 4 aromatic heterocycles. The van der Waals surface area contributed by atoms with E-state index in [0.717, 1.165) is 43.6 Å². The van der Waals surface area contributed by atoms with Crippen molar-refractivity contribution in [2.75, 3.05) is 0 Å². The Labute approximate surface area is 230 Å². The molecular formula is C29H16CuN4O5. The van der Waals surface area contributed by atoms with Gasteiger partial charge in [-0.15, -0.1) is 0 Å². The van der Waals surface area contributed by atoms with Crippen molar-refractivity contribution >= 4 is 72.5 Å². The summed E-state index contributed by atoms with van der Waals surface area (Å²) in [4.78, 5) is 68.3. The molecule has 39 heavy (non-hydrogen) atoms. The van der Waals surface area contributed by atoms with Crippen molar-refractivity contribution in [3.05, 3.63) is 97.6 Å². The Morgan fingerprint density at radius 1 is 0.333 bits per heavy atom. The van der Waals surface area contributed by atoms with E-state index < -0.39 is 28.9 Å². The van der Waals surface area contributed by atoms with Gasteiger partial charge in [0.1, 0.15) is 0 Å². The van der Waals surface area contributed by atoms with Gasteiger partial charge in [-0.2, -0.15) is 0 Å². The molecule has 1 aliphatic rings. The van der Waals surface area contributed by atoms with Crippen LogP contribution >= 0.6 is 0 Å². The number of fused-ring (bicyclic) bond motifs is 6. The van der Waals surface area contributed by atoms with Crippen LogP contribution in [0.25, 0.3) is 43.6 Å². The zero-order chi connectivity index (χ0) is 26.6. The first-order valence-corrected chi connectivity index (χ1v) is 11.3. The Hall–Kier alpha value is -5.05. The van der Waals surface area contributed by atoms with Gasteiger partial charge in [0.15, 0.2) is 0 Å². The minimum absolute atomic E-state index is 0. The second-order valence-electron chi connectivity index (χ2n) is 8.08. The van der Waals surface area contributed by atoms with Crippen LogP contribution in [0.15, 0.2) is 97.6 Å². The molecule has 10 heteroatoms. The Kier molecular flexibility index (Phi) is 8.00. The molecule has 9 nitrogen and oxygen atoms in total. The number of carbonyl (C=O) groups excluding carboxylic acids is 5. The number of carbonyl (C=O) groups is 5. The number of ketones is 5. The largest absolute Gasteiger partial charge is 0.281 e. The molecule has 4 heterocycles. The zero-order valence-corrected chi connectivity index (χ0v) is 20.8. The van der Waals surface area contributed by atoms with E-state index in [1.807, 2.05) is 24.3 Å². The summed E-state index contributed by atoms with van der Waals surface area (Å²) >= 11 is 0. The van der Waals surface area contributed by atoms with Crippen molar-refractivity contribution in [1.82, 2.24) is 19.9 Å². The van der Waals surface area contributed by atoms with Crippen LogP contribution in [0.1, 0.15) is 0 Å². The molecular weight excluding hydrogens is 548 g/mol. The van der Waals surface area contributed by atoms with Crippen molar-refractivity contribution in [3.8, 4) is 0 Å². The summed E-state index contributed by atoms with van der Waals surface area (Å²) < 4.78 is 0. The van der Waals surface area contributed by atoms with Crippen molar-refractivity contribution in [2.45, 2.75) is 0 Å². The quantitative estimate of drug-likeness (QED) is 0.155. The predicted octanol–water partition coefficient (Wildman–Crippen LogP) is 3.41. The summed E-state index contributed by atoms with van der Waals surface area (Å²) in [6.07, 6.45) is 7.21. The molecule has 0 amide bonds. The Morgan fingerprint density at radius 2 is 0.538 bits per heavy atom. The molecule has 0 bridgehead atoms. The van der Waals surface area contributed by atoms with Crippen molar-refractivity contribution in [2.24, 2.45) is 0 Å². The first-order valence-electron chi connectivity index (χ1n) is 11.3. The Balaban J connectivity index is 0.000000136. The molecule has 1 saturated carbocycles. The average molecular weight is 564 g/mol. The van der Waals surface area contributed by atoms with E-state index in [1.165, 1.54) is 0 Å². The van der Waals surface area contributed by atoms with E-state index in [-0.39, 0.29) is 17.1 Å². The molecule has 0 spiro atoms. The fraction of sp³-hybridized carbons (Fsp3) is 0.